The molecule has 1 aromatic rings. The number of nitrogens with one attached hydrogen (secondary N) is 2. The van der Waals surface area contributed by atoms with Gasteiger partial charge < -0.3 is 10.6 Å². The minimum Gasteiger partial charge on any atom is -0.344 e. The Hall–Kier alpha value is -1.91. The fourth-order valence-electron chi connectivity index (χ4n) is 1.85. The molecule has 2 amide bonds. The highest BCUT2D eigenvalue weighted by atomic mass is 19.1. The third-order valence-corrected chi connectivity index (χ3v) is 3.34. The fraction of sp³-hybridized carbons (Fsp3) is 0.429. The van der Waals surface area contributed by atoms with Crippen LogP contribution in [0.1, 0.15) is 26.2 Å². The van der Waals surface area contributed by atoms with Gasteiger partial charge in [0.25, 0.3) is 0 Å². The Labute approximate surface area is 111 Å². The average Bonchev–Trinajstić information content (AvgIpc) is 2.29. The molecular weight excluding hydrogens is 247 g/mol. The van der Waals surface area contributed by atoms with Gasteiger partial charge in [0.05, 0.1) is 0 Å². The van der Waals surface area contributed by atoms with Crippen LogP contribution in [-0.2, 0) is 9.59 Å². The second-order valence-electron chi connectivity index (χ2n) is 4.85. The summed E-state index contributed by atoms with van der Waals surface area (Å²) in [6, 6.07) is 4.90. The summed E-state index contributed by atoms with van der Waals surface area (Å²) in [5.74, 6) is -0.669. The van der Waals surface area contributed by atoms with E-state index in [4.69, 9.17) is 0 Å². The number of benzene rings is 1. The molecule has 2 rings (SSSR count). The lowest BCUT2D eigenvalue weighted by Gasteiger charge is -2.25. The predicted octanol–water partition coefficient (Wildman–Crippen LogP) is 2.07. The van der Waals surface area contributed by atoms with Crippen LogP contribution in [0, 0.1) is 11.7 Å². The first-order valence-electron chi connectivity index (χ1n) is 6.43. The van der Waals surface area contributed by atoms with E-state index in [2.05, 4.69) is 10.6 Å². The molecule has 1 aromatic carbocycles. The molecule has 102 valence electrons. The van der Waals surface area contributed by atoms with Gasteiger partial charge in [0.2, 0.25) is 11.8 Å². The lowest BCUT2D eigenvalue weighted by molar-refractivity contribution is -0.130. The van der Waals surface area contributed by atoms with Crippen molar-refractivity contribution in [1.82, 2.24) is 5.32 Å². The van der Waals surface area contributed by atoms with Crippen LogP contribution in [-0.4, -0.2) is 17.9 Å². The van der Waals surface area contributed by atoms with Crippen molar-refractivity contribution in [3.63, 3.8) is 0 Å². The summed E-state index contributed by atoms with van der Waals surface area (Å²) in [7, 11) is 0. The molecule has 0 radical (unpaired) electrons. The summed E-state index contributed by atoms with van der Waals surface area (Å²) in [6.45, 7) is 1.63. The summed E-state index contributed by atoms with van der Waals surface area (Å²) in [4.78, 5) is 23.5. The molecule has 1 fully saturated rings. The number of carbonyl (C=O) groups is 2. The lowest BCUT2D eigenvalue weighted by Crippen LogP contribution is -2.45. The SMILES string of the molecule is C[C@@H](NC(=O)C1CCC1)C(=O)Nc1ccc(F)cc1. The van der Waals surface area contributed by atoms with Crippen LogP contribution in [0.4, 0.5) is 10.1 Å². The molecule has 0 aliphatic heterocycles. The van der Waals surface area contributed by atoms with Crippen molar-refractivity contribution in [2.24, 2.45) is 5.92 Å². The molecule has 0 bridgehead atoms. The largest absolute Gasteiger partial charge is 0.344 e. The number of rotatable bonds is 4. The van der Waals surface area contributed by atoms with Gasteiger partial charge in [-0.2, -0.15) is 0 Å². The molecule has 19 heavy (non-hydrogen) atoms. The Kier molecular flexibility index (Phi) is 4.14. The first-order chi connectivity index (χ1) is 9.06. The highest BCUT2D eigenvalue weighted by Crippen LogP contribution is 2.26. The van der Waals surface area contributed by atoms with E-state index < -0.39 is 6.04 Å². The smallest absolute Gasteiger partial charge is 0.246 e. The van der Waals surface area contributed by atoms with Gasteiger partial charge in [0.1, 0.15) is 11.9 Å². The van der Waals surface area contributed by atoms with E-state index in [-0.39, 0.29) is 23.5 Å². The molecule has 2 N–H and O–H groups in total. The quantitative estimate of drug-likeness (QED) is 0.874. The minimum absolute atomic E-state index is 0.0565. The molecule has 4 nitrogen and oxygen atoms in total. The van der Waals surface area contributed by atoms with Crippen LogP contribution >= 0.6 is 0 Å². The van der Waals surface area contributed by atoms with Gasteiger partial charge in [-0.3, -0.25) is 9.59 Å². The van der Waals surface area contributed by atoms with Crippen LogP contribution in [0.2, 0.25) is 0 Å². The highest BCUT2D eigenvalue weighted by Gasteiger charge is 2.27. The topological polar surface area (TPSA) is 58.2 Å². The van der Waals surface area contributed by atoms with Crippen molar-refractivity contribution in [1.29, 1.82) is 0 Å². The first kappa shape index (κ1) is 13.5. The van der Waals surface area contributed by atoms with E-state index in [0.717, 1.165) is 19.3 Å². The Balaban J connectivity index is 1.84. The normalized spacial score (nSPS) is 16.3. The maximum Gasteiger partial charge on any atom is 0.246 e. The average molecular weight is 264 g/mol. The van der Waals surface area contributed by atoms with Crippen LogP contribution < -0.4 is 10.6 Å². The maximum absolute atomic E-state index is 12.7. The molecule has 1 saturated carbocycles. The van der Waals surface area contributed by atoms with Crippen molar-refractivity contribution in [2.75, 3.05) is 5.32 Å². The highest BCUT2D eigenvalue weighted by molar-refractivity contribution is 5.97. The van der Waals surface area contributed by atoms with Crippen molar-refractivity contribution in [3.05, 3.63) is 30.1 Å². The van der Waals surface area contributed by atoms with E-state index >= 15 is 0 Å². The van der Waals surface area contributed by atoms with Crippen LogP contribution in [0.3, 0.4) is 0 Å². The molecule has 1 atom stereocenters. The Bertz CT molecular complexity index is 469. The summed E-state index contributed by atoms with van der Waals surface area (Å²) in [5, 5.41) is 5.32. The van der Waals surface area contributed by atoms with Crippen LogP contribution in [0.25, 0.3) is 0 Å². The van der Waals surface area contributed by atoms with E-state index in [1.807, 2.05) is 0 Å². The van der Waals surface area contributed by atoms with Crippen molar-refractivity contribution >= 4 is 17.5 Å². The van der Waals surface area contributed by atoms with E-state index in [1.165, 1.54) is 24.3 Å². The van der Waals surface area contributed by atoms with Crippen LogP contribution in [0.5, 0.6) is 0 Å². The second kappa shape index (κ2) is 5.82. The molecule has 0 unspecified atom stereocenters. The van der Waals surface area contributed by atoms with Gasteiger partial charge in [-0.1, -0.05) is 6.42 Å². The fourth-order valence-corrected chi connectivity index (χ4v) is 1.85. The molecule has 5 heteroatoms. The van der Waals surface area contributed by atoms with Crippen LogP contribution in [0.15, 0.2) is 24.3 Å². The third kappa shape index (κ3) is 3.53. The van der Waals surface area contributed by atoms with E-state index in [0.29, 0.717) is 5.69 Å². The maximum atomic E-state index is 12.7. The summed E-state index contributed by atoms with van der Waals surface area (Å²) in [5.41, 5.74) is 0.510. The number of halogens is 1. The Morgan fingerprint density at radius 3 is 2.42 bits per heavy atom. The minimum atomic E-state index is -0.599. The Morgan fingerprint density at radius 2 is 1.89 bits per heavy atom. The molecule has 0 saturated heterocycles. The number of amides is 2. The number of hydrogen-bond donors (Lipinski definition) is 2. The van der Waals surface area contributed by atoms with Gasteiger partial charge in [0.15, 0.2) is 0 Å². The third-order valence-electron chi connectivity index (χ3n) is 3.34. The molecule has 1 aliphatic carbocycles. The number of carbonyl (C=O) groups excluding carboxylic acids is 2. The van der Waals surface area contributed by atoms with E-state index in [1.54, 1.807) is 6.92 Å². The van der Waals surface area contributed by atoms with Gasteiger partial charge in [-0.05, 0) is 44.0 Å². The summed E-state index contributed by atoms with van der Waals surface area (Å²) >= 11 is 0. The predicted molar refractivity (Wildman–Crippen MR) is 70.0 cm³/mol. The van der Waals surface area contributed by atoms with Gasteiger partial charge in [0, 0.05) is 11.6 Å². The monoisotopic (exact) mass is 264 g/mol. The summed E-state index contributed by atoms with van der Waals surface area (Å²) < 4.78 is 12.7. The van der Waals surface area contributed by atoms with Crippen molar-refractivity contribution in [2.45, 2.75) is 32.2 Å². The van der Waals surface area contributed by atoms with E-state index in [9.17, 15) is 14.0 Å². The zero-order chi connectivity index (χ0) is 13.8. The molecule has 1 aliphatic rings. The molecule has 0 spiro atoms. The zero-order valence-corrected chi connectivity index (χ0v) is 10.8. The first-order valence-corrected chi connectivity index (χ1v) is 6.43. The Morgan fingerprint density at radius 1 is 1.26 bits per heavy atom. The van der Waals surface area contributed by atoms with Gasteiger partial charge >= 0.3 is 0 Å². The van der Waals surface area contributed by atoms with Gasteiger partial charge in [-0.15, -0.1) is 0 Å². The van der Waals surface area contributed by atoms with Crippen molar-refractivity contribution in [3.8, 4) is 0 Å². The standard InChI is InChI=1S/C14H17FN2O2/c1-9(16-14(19)10-3-2-4-10)13(18)17-12-7-5-11(15)6-8-12/h5-10H,2-4H2,1H3,(H,16,19)(H,17,18)/t9-/m1/s1. The molecule has 0 heterocycles. The van der Waals surface area contributed by atoms with Crippen molar-refractivity contribution < 1.29 is 14.0 Å². The number of anilines is 1. The lowest BCUT2D eigenvalue weighted by atomic mass is 9.84. The van der Waals surface area contributed by atoms with Gasteiger partial charge in [-0.25, -0.2) is 4.39 Å². The zero-order valence-electron chi connectivity index (χ0n) is 10.8. The summed E-state index contributed by atoms with van der Waals surface area (Å²) in [6.07, 6.45) is 2.88. The molecule has 0 aromatic heterocycles. The number of hydrogen-bond acceptors (Lipinski definition) is 2. The molecular formula is C14H17FN2O2. The second-order valence-corrected chi connectivity index (χ2v) is 4.85.